The van der Waals surface area contributed by atoms with Crippen molar-refractivity contribution in [2.45, 2.75) is 70.4 Å². The highest BCUT2D eigenvalue weighted by molar-refractivity contribution is 8.00. The Morgan fingerprint density at radius 2 is 1.74 bits per heavy atom. The number of thioether (sulfide) groups is 1. The lowest BCUT2D eigenvalue weighted by atomic mass is 9.93. The van der Waals surface area contributed by atoms with Crippen molar-refractivity contribution in [2.24, 2.45) is 0 Å². The fraction of sp³-hybridized carbons (Fsp3) is 0.364. The molecule has 0 aliphatic rings. The highest BCUT2D eigenvalue weighted by Crippen LogP contribution is 2.39. The lowest BCUT2D eigenvalue weighted by molar-refractivity contribution is 0.0502. The van der Waals surface area contributed by atoms with Gasteiger partial charge in [0, 0.05) is 17.2 Å². The van der Waals surface area contributed by atoms with Gasteiger partial charge in [0.15, 0.2) is 5.82 Å². The molecule has 244 valence electrons. The lowest BCUT2D eigenvalue weighted by Crippen LogP contribution is -2.36. The molecule has 46 heavy (non-hydrogen) atoms. The average Bonchev–Trinajstić information content (AvgIpc) is 3.26. The third-order valence-electron chi connectivity index (χ3n) is 6.78. The smallest absolute Gasteiger partial charge is 0.408 e. The molecular formula is C33H34ClF4N5O2S. The molecular weight excluding hydrogens is 642 g/mol. The Kier molecular flexibility index (Phi) is 10.5. The number of alkyl carbamates (subject to hydrolysis) is 1. The zero-order chi connectivity index (χ0) is 34.0. The van der Waals surface area contributed by atoms with Crippen molar-refractivity contribution < 1.29 is 27.1 Å². The molecule has 0 saturated carbocycles. The van der Waals surface area contributed by atoms with Crippen LogP contribution in [0.3, 0.4) is 0 Å². The Bertz CT molecular complexity index is 1810. The van der Waals surface area contributed by atoms with E-state index in [0.717, 1.165) is 22.9 Å². The zero-order valence-corrected chi connectivity index (χ0v) is 27.7. The van der Waals surface area contributed by atoms with Crippen LogP contribution in [0.1, 0.15) is 57.6 Å². The predicted octanol–water partition coefficient (Wildman–Crippen LogP) is 8.18. The maximum Gasteiger partial charge on any atom is 0.408 e. The van der Waals surface area contributed by atoms with Gasteiger partial charge in [-0.25, -0.2) is 27.3 Å². The number of anilines is 1. The van der Waals surface area contributed by atoms with Crippen LogP contribution in [0, 0.1) is 23.5 Å². The van der Waals surface area contributed by atoms with Crippen LogP contribution in [-0.4, -0.2) is 43.9 Å². The summed E-state index contributed by atoms with van der Waals surface area (Å²) < 4.78 is 62.1. The second-order valence-corrected chi connectivity index (χ2v) is 13.9. The van der Waals surface area contributed by atoms with Gasteiger partial charge in [0.05, 0.1) is 32.4 Å². The van der Waals surface area contributed by atoms with E-state index in [4.69, 9.17) is 27.1 Å². The fourth-order valence-electron chi connectivity index (χ4n) is 4.72. The number of nitrogens with one attached hydrogen (secondary N) is 1. The maximum atomic E-state index is 14.3. The molecule has 2 heterocycles. The van der Waals surface area contributed by atoms with Crippen molar-refractivity contribution in [3.05, 3.63) is 76.1 Å². The van der Waals surface area contributed by atoms with Crippen LogP contribution in [0.2, 0.25) is 5.02 Å². The molecule has 4 aromatic rings. The number of nitrogens with two attached hydrogens (primary N) is 1. The van der Waals surface area contributed by atoms with Gasteiger partial charge in [-0.05, 0) is 89.1 Å². The minimum absolute atomic E-state index is 0.0440. The normalized spacial score (nSPS) is 12.6. The van der Waals surface area contributed by atoms with E-state index < -0.39 is 47.1 Å². The summed E-state index contributed by atoms with van der Waals surface area (Å²) in [5, 5.41) is 7.38. The molecule has 1 amide bonds. The van der Waals surface area contributed by atoms with Crippen molar-refractivity contribution in [3.8, 4) is 23.0 Å². The van der Waals surface area contributed by atoms with Gasteiger partial charge in [0.25, 0.3) is 6.43 Å². The number of alkyl halides is 2. The zero-order valence-electron chi connectivity index (χ0n) is 26.1. The first-order valence-corrected chi connectivity index (χ1v) is 15.8. The molecule has 1 atom stereocenters. The molecule has 7 nitrogen and oxygen atoms in total. The van der Waals surface area contributed by atoms with Crippen molar-refractivity contribution in [3.63, 3.8) is 0 Å². The Balaban J connectivity index is 2.01. The molecule has 3 N–H and O–H groups in total. The highest BCUT2D eigenvalue weighted by atomic mass is 35.5. The number of halogens is 5. The van der Waals surface area contributed by atoms with Crippen LogP contribution >= 0.6 is 23.4 Å². The summed E-state index contributed by atoms with van der Waals surface area (Å²) in [6.07, 6.45) is -1.75. The van der Waals surface area contributed by atoms with Gasteiger partial charge in [0.2, 0.25) is 0 Å². The Morgan fingerprint density at radius 3 is 2.35 bits per heavy atom. The summed E-state index contributed by atoms with van der Waals surface area (Å²) in [7, 11) is 0. The number of carbonyl (C=O) groups excluding carboxylic acids is 1. The largest absolute Gasteiger partial charge is 0.444 e. The third-order valence-corrected chi connectivity index (χ3v) is 8.22. The minimum atomic E-state index is -2.76. The predicted molar refractivity (Wildman–Crippen MR) is 175 cm³/mol. The SMILES string of the molecule is CSC(C)(C)C#Cc1ccc(-c2ccc(Cl)c3c(N)nn(CC(F)F)c23)c(C(Cc2cc(F)cc(F)c2)NC(=O)OC(C)(C)C)n1. The van der Waals surface area contributed by atoms with E-state index in [1.165, 1.54) is 0 Å². The summed E-state index contributed by atoms with van der Waals surface area (Å²) in [6, 6.07) is 8.53. The molecule has 0 bridgehead atoms. The molecule has 4 rings (SSSR count). The quantitative estimate of drug-likeness (QED) is 0.145. The minimum Gasteiger partial charge on any atom is -0.444 e. The standard InChI is InChI=1S/C33H34ClF4N5O2S/c1-32(2,3)45-31(44)41-25(15-18-13-19(35)16-20(36)14-18)28-22(8-7-21(40-28)11-12-33(4,5)46-6)23-9-10-24(34)27-29(23)43(17-26(37)38)42-30(27)39/h7-10,13-14,16,25-26H,15,17H2,1-6H3,(H2,39,42)(H,41,44). The number of nitrogens with zero attached hydrogens (tertiary/aromatic N) is 3. The van der Waals surface area contributed by atoms with Crippen LogP contribution in [0.4, 0.5) is 28.2 Å². The molecule has 1 unspecified atom stereocenters. The van der Waals surface area contributed by atoms with Crippen molar-refractivity contribution >= 4 is 46.2 Å². The van der Waals surface area contributed by atoms with E-state index in [2.05, 4.69) is 22.3 Å². The van der Waals surface area contributed by atoms with E-state index in [-0.39, 0.29) is 39.4 Å². The summed E-state index contributed by atoms with van der Waals surface area (Å²) in [5.74, 6) is 4.59. The Hall–Kier alpha value is -3.95. The molecule has 13 heteroatoms. The van der Waals surface area contributed by atoms with Gasteiger partial charge in [0.1, 0.15) is 29.5 Å². The molecule has 2 aromatic carbocycles. The molecule has 0 fully saturated rings. The second-order valence-electron chi connectivity index (χ2n) is 12.1. The van der Waals surface area contributed by atoms with Crippen molar-refractivity contribution in [2.75, 3.05) is 12.0 Å². The van der Waals surface area contributed by atoms with Gasteiger partial charge in [-0.2, -0.15) is 5.10 Å². The van der Waals surface area contributed by atoms with E-state index in [9.17, 15) is 22.4 Å². The van der Waals surface area contributed by atoms with E-state index in [1.54, 1.807) is 56.8 Å². The van der Waals surface area contributed by atoms with Crippen LogP contribution in [-0.2, 0) is 17.7 Å². The number of rotatable bonds is 8. The Morgan fingerprint density at radius 1 is 1.09 bits per heavy atom. The Labute approximate surface area is 274 Å². The fourth-order valence-corrected chi connectivity index (χ4v) is 5.12. The number of pyridine rings is 1. The lowest BCUT2D eigenvalue weighted by Gasteiger charge is -2.25. The van der Waals surface area contributed by atoms with Gasteiger partial charge in [-0.15, -0.1) is 11.8 Å². The average molecular weight is 676 g/mol. The van der Waals surface area contributed by atoms with Gasteiger partial charge >= 0.3 is 6.09 Å². The summed E-state index contributed by atoms with van der Waals surface area (Å²) in [4.78, 5) is 18.0. The third kappa shape index (κ3) is 8.65. The molecule has 0 saturated heterocycles. The second kappa shape index (κ2) is 13.8. The topological polar surface area (TPSA) is 95.1 Å². The first-order chi connectivity index (χ1) is 21.5. The summed E-state index contributed by atoms with van der Waals surface area (Å²) >= 11 is 8.01. The number of fused-ring (bicyclic) bond motifs is 1. The number of benzene rings is 2. The van der Waals surface area contributed by atoms with Gasteiger partial charge in [-0.1, -0.05) is 23.6 Å². The van der Waals surface area contributed by atoms with Crippen LogP contribution in [0.5, 0.6) is 0 Å². The van der Waals surface area contributed by atoms with Crippen LogP contribution < -0.4 is 11.1 Å². The van der Waals surface area contributed by atoms with E-state index in [0.29, 0.717) is 16.8 Å². The summed E-state index contributed by atoms with van der Waals surface area (Å²) in [6.45, 7) is 8.20. The number of amides is 1. The first-order valence-electron chi connectivity index (χ1n) is 14.2. The number of ether oxygens (including phenoxy) is 1. The van der Waals surface area contributed by atoms with Gasteiger partial charge < -0.3 is 15.8 Å². The number of hydrogen-bond acceptors (Lipinski definition) is 6. The molecule has 0 radical (unpaired) electrons. The number of carbonyl (C=O) groups is 1. The number of aromatic nitrogens is 3. The monoisotopic (exact) mass is 675 g/mol. The van der Waals surface area contributed by atoms with Crippen molar-refractivity contribution in [1.82, 2.24) is 20.1 Å². The van der Waals surface area contributed by atoms with Gasteiger partial charge in [-0.3, -0.25) is 4.68 Å². The molecule has 0 aliphatic carbocycles. The molecule has 0 aliphatic heterocycles. The van der Waals surface area contributed by atoms with E-state index >= 15 is 0 Å². The van der Waals surface area contributed by atoms with Crippen LogP contribution in [0.15, 0.2) is 42.5 Å². The summed E-state index contributed by atoms with van der Waals surface area (Å²) in [5.41, 5.74) is 7.06. The maximum absolute atomic E-state index is 14.3. The molecule has 2 aromatic heterocycles. The number of hydrogen-bond donors (Lipinski definition) is 2. The van der Waals surface area contributed by atoms with E-state index in [1.807, 2.05) is 20.1 Å². The first kappa shape index (κ1) is 34.9. The highest BCUT2D eigenvalue weighted by Gasteiger charge is 2.27. The van der Waals surface area contributed by atoms with Crippen molar-refractivity contribution in [1.29, 1.82) is 0 Å². The molecule has 0 spiro atoms. The van der Waals surface area contributed by atoms with Crippen LogP contribution in [0.25, 0.3) is 22.0 Å². The number of nitrogen functional groups attached to an aromatic ring is 1.